The summed E-state index contributed by atoms with van der Waals surface area (Å²) in [4.78, 5) is 30.9. The monoisotopic (exact) mass is 484 g/mol. The third kappa shape index (κ3) is 4.89. The van der Waals surface area contributed by atoms with E-state index in [0.29, 0.717) is 17.8 Å². The zero-order valence-electron chi connectivity index (χ0n) is 19.0. The van der Waals surface area contributed by atoms with Crippen molar-refractivity contribution in [2.24, 2.45) is 0 Å². The number of nitrogens with one attached hydrogen (secondary N) is 2. The number of rotatable bonds is 7. The third-order valence-electron chi connectivity index (χ3n) is 6.17. The lowest BCUT2D eigenvalue weighted by Crippen LogP contribution is -2.51. The molecule has 3 aliphatic heterocycles. The van der Waals surface area contributed by atoms with Crippen LogP contribution in [0.4, 0.5) is 4.79 Å². The maximum atomic E-state index is 12.9. The van der Waals surface area contributed by atoms with E-state index in [0.717, 1.165) is 49.1 Å². The van der Waals surface area contributed by atoms with Gasteiger partial charge in [-0.3, -0.25) is 9.80 Å². The summed E-state index contributed by atoms with van der Waals surface area (Å²) in [5.74, 6) is 1.20. The molecule has 0 radical (unpaired) electrons. The van der Waals surface area contributed by atoms with Gasteiger partial charge in [-0.2, -0.15) is 0 Å². The number of fused-ring (bicyclic) bond motifs is 1. The van der Waals surface area contributed by atoms with Gasteiger partial charge in [-0.25, -0.2) is 9.59 Å². The smallest absolute Gasteiger partial charge is 0.338 e. The molecule has 1 aromatic carbocycles. The molecule has 9 nitrogen and oxygen atoms in total. The van der Waals surface area contributed by atoms with Gasteiger partial charge in [-0.05, 0) is 36.1 Å². The van der Waals surface area contributed by atoms with Gasteiger partial charge in [0.2, 0.25) is 6.79 Å². The number of urea groups is 1. The molecule has 5 rings (SSSR count). The number of hydrogen-bond donors (Lipinski definition) is 2. The van der Waals surface area contributed by atoms with Crippen LogP contribution in [-0.2, 0) is 16.1 Å². The number of ether oxygens (including phenoxy) is 3. The normalized spacial score (nSPS) is 20.7. The van der Waals surface area contributed by atoms with E-state index in [4.69, 9.17) is 14.2 Å². The maximum Gasteiger partial charge on any atom is 0.338 e. The predicted octanol–water partition coefficient (Wildman–Crippen LogP) is 2.47. The largest absolute Gasteiger partial charge is 0.463 e. The summed E-state index contributed by atoms with van der Waals surface area (Å²) < 4.78 is 16.2. The number of benzene rings is 1. The Bertz CT molecular complexity index is 1080. The second kappa shape index (κ2) is 10.0. The highest BCUT2D eigenvalue weighted by Crippen LogP contribution is 2.33. The number of carbonyl (C=O) groups is 2. The van der Waals surface area contributed by atoms with E-state index >= 15 is 0 Å². The first-order chi connectivity index (χ1) is 16.6. The van der Waals surface area contributed by atoms with Crippen LogP contribution in [0, 0.1) is 0 Å². The van der Waals surface area contributed by atoms with Crippen LogP contribution >= 0.6 is 11.3 Å². The molecule has 10 heteroatoms. The Hall–Kier alpha value is -3.08. The van der Waals surface area contributed by atoms with Crippen molar-refractivity contribution in [3.8, 4) is 11.5 Å². The van der Waals surface area contributed by atoms with Crippen molar-refractivity contribution in [2.75, 3.05) is 46.1 Å². The zero-order chi connectivity index (χ0) is 23.5. The van der Waals surface area contributed by atoms with Crippen molar-refractivity contribution in [1.82, 2.24) is 20.4 Å². The van der Waals surface area contributed by atoms with Crippen molar-refractivity contribution in [3.63, 3.8) is 0 Å². The Kier molecular flexibility index (Phi) is 6.70. The van der Waals surface area contributed by atoms with Gasteiger partial charge >= 0.3 is 12.0 Å². The molecule has 1 aromatic heterocycles. The number of piperazine rings is 1. The predicted molar refractivity (Wildman–Crippen MR) is 127 cm³/mol. The lowest BCUT2D eigenvalue weighted by atomic mass is 10.0. The summed E-state index contributed by atoms with van der Waals surface area (Å²) in [6, 6.07) is 9.11. The molecule has 1 fully saturated rings. The van der Waals surface area contributed by atoms with Gasteiger partial charge in [-0.1, -0.05) is 12.1 Å². The summed E-state index contributed by atoms with van der Waals surface area (Å²) in [7, 11) is 0. The fraction of sp³-hybridized carbons (Fsp3) is 0.417. The first kappa shape index (κ1) is 22.7. The molecule has 34 heavy (non-hydrogen) atoms. The molecule has 3 aliphatic rings. The Balaban J connectivity index is 1.26. The highest BCUT2D eigenvalue weighted by Gasteiger charge is 2.35. The van der Waals surface area contributed by atoms with Crippen LogP contribution in [0.25, 0.3) is 0 Å². The molecule has 180 valence electrons. The quantitative estimate of drug-likeness (QED) is 0.584. The Morgan fingerprint density at radius 2 is 1.88 bits per heavy atom. The highest BCUT2D eigenvalue weighted by atomic mass is 32.1. The summed E-state index contributed by atoms with van der Waals surface area (Å²) in [5.41, 5.74) is 2.28. The number of hydrogen-bond acceptors (Lipinski definition) is 8. The molecule has 1 atom stereocenters. The zero-order valence-corrected chi connectivity index (χ0v) is 19.9. The van der Waals surface area contributed by atoms with Gasteiger partial charge in [0, 0.05) is 49.8 Å². The van der Waals surface area contributed by atoms with Crippen molar-refractivity contribution < 1.29 is 23.8 Å². The van der Waals surface area contributed by atoms with E-state index in [1.807, 2.05) is 29.6 Å². The highest BCUT2D eigenvalue weighted by molar-refractivity contribution is 7.10. The first-order valence-electron chi connectivity index (χ1n) is 11.4. The fourth-order valence-electron chi connectivity index (χ4n) is 4.49. The molecule has 4 heterocycles. The number of esters is 1. The van der Waals surface area contributed by atoms with E-state index in [2.05, 4.69) is 26.5 Å². The summed E-state index contributed by atoms with van der Waals surface area (Å²) >= 11 is 1.51. The van der Waals surface area contributed by atoms with Gasteiger partial charge in [0.25, 0.3) is 0 Å². The number of nitrogens with zero attached hydrogens (tertiary/aromatic N) is 2. The average molecular weight is 485 g/mol. The van der Waals surface area contributed by atoms with E-state index in [1.165, 1.54) is 16.9 Å². The van der Waals surface area contributed by atoms with E-state index < -0.39 is 12.0 Å². The van der Waals surface area contributed by atoms with Crippen LogP contribution in [-0.4, -0.2) is 67.9 Å². The van der Waals surface area contributed by atoms with Crippen LogP contribution in [0.1, 0.15) is 23.4 Å². The van der Waals surface area contributed by atoms with Gasteiger partial charge in [0.1, 0.15) is 0 Å². The van der Waals surface area contributed by atoms with Crippen LogP contribution in [0.2, 0.25) is 0 Å². The number of amides is 2. The fourth-order valence-corrected chi connectivity index (χ4v) is 5.27. The van der Waals surface area contributed by atoms with Crippen LogP contribution < -0.4 is 20.1 Å². The topological polar surface area (TPSA) is 92.4 Å². The van der Waals surface area contributed by atoms with E-state index in [9.17, 15) is 9.59 Å². The van der Waals surface area contributed by atoms with Crippen LogP contribution in [0.15, 0.2) is 47.0 Å². The van der Waals surface area contributed by atoms with Crippen molar-refractivity contribution in [2.45, 2.75) is 19.5 Å². The molecule has 0 aliphatic carbocycles. The third-order valence-corrected chi connectivity index (χ3v) is 7.10. The molecule has 2 aromatic rings. The second-order valence-corrected chi connectivity index (χ2v) is 9.38. The standard InChI is InChI=1S/C24H28N4O5S/c1-2-31-23(29)21-17(25-24(30)26-22(21)20-4-3-11-34-20)14-28-9-7-27(8-10-28)13-16-5-6-18-19(12-16)33-15-32-18/h3-6,11-12,22H,2,7-10,13-15H2,1H3,(H2,25,26,30). The van der Waals surface area contributed by atoms with E-state index in [-0.39, 0.29) is 19.4 Å². The molecule has 2 N–H and O–H groups in total. The molecule has 0 bridgehead atoms. The Labute approximate surface area is 202 Å². The molecular formula is C24H28N4O5S. The molecule has 0 saturated carbocycles. The second-order valence-electron chi connectivity index (χ2n) is 8.40. The minimum Gasteiger partial charge on any atom is -0.463 e. The maximum absolute atomic E-state index is 12.9. The SMILES string of the molecule is CCOC(=O)C1=C(CN2CCN(Cc3ccc4c(c3)OCO4)CC2)NC(=O)NC1c1cccs1. The summed E-state index contributed by atoms with van der Waals surface area (Å²) in [5, 5.41) is 7.69. The van der Waals surface area contributed by atoms with Gasteiger partial charge in [-0.15, -0.1) is 11.3 Å². The average Bonchev–Trinajstić information content (AvgIpc) is 3.52. The van der Waals surface area contributed by atoms with Crippen molar-refractivity contribution in [1.29, 1.82) is 0 Å². The lowest BCUT2D eigenvalue weighted by Gasteiger charge is -2.37. The molecular weight excluding hydrogens is 456 g/mol. The molecule has 1 unspecified atom stereocenters. The van der Waals surface area contributed by atoms with E-state index in [1.54, 1.807) is 6.92 Å². The van der Waals surface area contributed by atoms with Crippen LogP contribution in [0.5, 0.6) is 11.5 Å². The minimum atomic E-state index is -0.505. The number of carbonyl (C=O) groups excluding carboxylic acids is 2. The molecule has 1 saturated heterocycles. The van der Waals surface area contributed by atoms with Gasteiger partial charge in [0.05, 0.1) is 18.2 Å². The molecule has 0 spiro atoms. The Morgan fingerprint density at radius 3 is 2.62 bits per heavy atom. The minimum absolute atomic E-state index is 0.277. The van der Waals surface area contributed by atoms with Gasteiger partial charge in [0.15, 0.2) is 11.5 Å². The lowest BCUT2D eigenvalue weighted by molar-refractivity contribution is -0.139. The Morgan fingerprint density at radius 1 is 1.12 bits per heavy atom. The van der Waals surface area contributed by atoms with Gasteiger partial charge < -0.3 is 24.8 Å². The first-order valence-corrected chi connectivity index (χ1v) is 12.3. The number of thiophene rings is 1. The summed E-state index contributed by atoms with van der Waals surface area (Å²) in [6.45, 7) is 7.10. The molecule has 2 amide bonds. The summed E-state index contributed by atoms with van der Waals surface area (Å²) in [6.07, 6.45) is 0. The van der Waals surface area contributed by atoms with Crippen molar-refractivity contribution >= 4 is 23.3 Å². The van der Waals surface area contributed by atoms with Crippen LogP contribution in [0.3, 0.4) is 0 Å². The van der Waals surface area contributed by atoms with Crippen molar-refractivity contribution in [3.05, 3.63) is 57.4 Å².